The molecule has 0 aromatic carbocycles. The van der Waals surface area contributed by atoms with E-state index in [0.29, 0.717) is 12.3 Å². The first-order valence-corrected chi connectivity index (χ1v) is 9.25. The zero-order valence-corrected chi connectivity index (χ0v) is 12.1. The molecule has 0 N–H and O–H groups in total. The summed E-state index contributed by atoms with van der Waals surface area (Å²) in [7, 11) is -6.51. The van der Waals surface area contributed by atoms with Crippen LogP contribution in [0.1, 0.15) is 6.42 Å². The van der Waals surface area contributed by atoms with Crippen molar-refractivity contribution in [2.24, 2.45) is 0 Å². The van der Waals surface area contributed by atoms with Gasteiger partial charge in [0.2, 0.25) is 20.0 Å². The lowest BCUT2D eigenvalue weighted by molar-refractivity contribution is 0.274. The summed E-state index contributed by atoms with van der Waals surface area (Å²) in [6.45, 7) is 0.882. The highest BCUT2D eigenvalue weighted by atomic mass is 35.5. The number of piperazine rings is 1. The molecule has 102 valence electrons. The van der Waals surface area contributed by atoms with Gasteiger partial charge in [0.1, 0.15) is 0 Å². The van der Waals surface area contributed by atoms with Crippen molar-refractivity contribution in [2.45, 2.75) is 6.42 Å². The molecule has 1 heterocycles. The van der Waals surface area contributed by atoms with Gasteiger partial charge >= 0.3 is 0 Å². The van der Waals surface area contributed by atoms with E-state index in [9.17, 15) is 16.8 Å². The van der Waals surface area contributed by atoms with E-state index in [1.54, 1.807) is 0 Å². The van der Waals surface area contributed by atoms with Gasteiger partial charge in [-0.3, -0.25) is 0 Å². The predicted octanol–water partition coefficient (Wildman–Crippen LogP) is -0.478. The Bertz CT molecular complexity index is 440. The maximum atomic E-state index is 11.8. The Morgan fingerprint density at radius 2 is 1.47 bits per heavy atom. The molecule has 6 nitrogen and oxygen atoms in total. The van der Waals surface area contributed by atoms with E-state index in [4.69, 9.17) is 11.6 Å². The van der Waals surface area contributed by atoms with Crippen molar-refractivity contribution < 1.29 is 16.8 Å². The Kier molecular flexibility index (Phi) is 5.21. The van der Waals surface area contributed by atoms with Crippen molar-refractivity contribution in [3.63, 3.8) is 0 Å². The minimum atomic E-state index is -3.29. The van der Waals surface area contributed by atoms with Crippen molar-refractivity contribution in [1.82, 2.24) is 8.61 Å². The lowest BCUT2D eigenvalue weighted by atomic mass is 10.4. The fourth-order valence-electron chi connectivity index (χ4n) is 1.65. The van der Waals surface area contributed by atoms with E-state index >= 15 is 0 Å². The minimum absolute atomic E-state index is 0.0232. The Labute approximate surface area is 108 Å². The number of sulfonamides is 2. The zero-order chi connectivity index (χ0) is 13.1. The summed E-state index contributed by atoms with van der Waals surface area (Å²) in [6, 6.07) is 0. The summed E-state index contributed by atoms with van der Waals surface area (Å²) in [6.07, 6.45) is 1.54. The van der Waals surface area contributed by atoms with Gasteiger partial charge in [0, 0.05) is 32.1 Å². The summed E-state index contributed by atoms with van der Waals surface area (Å²) in [5.41, 5.74) is 0. The van der Waals surface area contributed by atoms with Gasteiger partial charge in [-0.2, -0.15) is 8.61 Å². The summed E-state index contributed by atoms with van der Waals surface area (Å²) < 4.78 is 48.7. The van der Waals surface area contributed by atoms with E-state index in [2.05, 4.69) is 0 Å². The smallest absolute Gasteiger partial charge is 0.213 e. The van der Waals surface area contributed by atoms with E-state index in [0.717, 1.165) is 6.26 Å². The standard InChI is InChI=1S/C8H17ClN2O4S2/c1-16(12,13)10-4-6-11(7-5-10)17(14,15)8-2-3-9/h2-8H2,1H3. The average molecular weight is 305 g/mol. The summed E-state index contributed by atoms with van der Waals surface area (Å²) >= 11 is 5.46. The van der Waals surface area contributed by atoms with E-state index < -0.39 is 20.0 Å². The highest BCUT2D eigenvalue weighted by Crippen LogP contribution is 2.11. The molecule has 0 aromatic rings. The summed E-state index contributed by atoms with van der Waals surface area (Å²) in [5.74, 6) is 0.331. The van der Waals surface area contributed by atoms with Gasteiger partial charge in [0.25, 0.3) is 0 Å². The van der Waals surface area contributed by atoms with Crippen molar-refractivity contribution in [2.75, 3.05) is 44.1 Å². The highest BCUT2D eigenvalue weighted by Gasteiger charge is 2.29. The molecule has 9 heteroatoms. The molecule has 1 aliphatic heterocycles. The van der Waals surface area contributed by atoms with Crippen LogP contribution in [0.15, 0.2) is 0 Å². The van der Waals surface area contributed by atoms with E-state index in [1.807, 2.05) is 0 Å². The molecule has 0 saturated carbocycles. The molecule has 0 radical (unpaired) electrons. The van der Waals surface area contributed by atoms with Crippen LogP contribution in [0.3, 0.4) is 0 Å². The van der Waals surface area contributed by atoms with Crippen molar-refractivity contribution in [1.29, 1.82) is 0 Å². The Hall–Kier alpha value is 0.110. The minimum Gasteiger partial charge on any atom is -0.213 e. The number of halogens is 1. The normalized spacial score (nSPS) is 20.6. The summed E-state index contributed by atoms with van der Waals surface area (Å²) in [4.78, 5) is 0. The number of alkyl halides is 1. The van der Waals surface area contributed by atoms with Gasteiger partial charge in [-0.1, -0.05) is 0 Å². The second kappa shape index (κ2) is 5.83. The van der Waals surface area contributed by atoms with Gasteiger partial charge in [-0.15, -0.1) is 11.6 Å². The maximum Gasteiger partial charge on any atom is 0.214 e. The third-order valence-electron chi connectivity index (χ3n) is 2.60. The first-order chi connectivity index (χ1) is 7.77. The molecule has 17 heavy (non-hydrogen) atoms. The van der Waals surface area contributed by atoms with Crippen LogP contribution < -0.4 is 0 Å². The molecule has 1 fully saturated rings. The fourth-order valence-corrected chi connectivity index (χ4v) is 4.25. The number of hydrogen-bond acceptors (Lipinski definition) is 4. The van der Waals surface area contributed by atoms with Crippen LogP contribution in [-0.4, -0.2) is 69.5 Å². The molecule has 1 rings (SSSR count). The van der Waals surface area contributed by atoms with Crippen molar-refractivity contribution >= 4 is 31.6 Å². The van der Waals surface area contributed by atoms with Gasteiger partial charge < -0.3 is 0 Å². The van der Waals surface area contributed by atoms with E-state index in [-0.39, 0.29) is 31.9 Å². The predicted molar refractivity (Wildman–Crippen MR) is 67.1 cm³/mol. The Morgan fingerprint density at radius 1 is 1.00 bits per heavy atom. The quantitative estimate of drug-likeness (QED) is 0.643. The maximum absolute atomic E-state index is 11.8. The van der Waals surface area contributed by atoms with Crippen LogP contribution in [0.2, 0.25) is 0 Å². The van der Waals surface area contributed by atoms with Crippen molar-refractivity contribution in [3.8, 4) is 0 Å². The lowest BCUT2D eigenvalue weighted by Crippen LogP contribution is -2.50. The third-order valence-corrected chi connectivity index (χ3v) is 6.12. The van der Waals surface area contributed by atoms with Gasteiger partial charge in [0.15, 0.2) is 0 Å². The molecular weight excluding hydrogens is 288 g/mol. The van der Waals surface area contributed by atoms with E-state index in [1.165, 1.54) is 8.61 Å². The molecule has 0 atom stereocenters. The zero-order valence-electron chi connectivity index (χ0n) is 9.67. The Morgan fingerprint density at radius 3 is 1.88 bits per heavy atom. The van der Waals surface area contributed by atoms with Crippen LogP contribution in [0.25, 0.3) is 0 Å². The molecule has 0 amide bonds. The first-order valence-electron chi connectivity index (χ1n) is 5.26. The molecule has 0 unspecified atom stereocenters. The second-order valence-corrected chi connectivity index (χ2v) is 8.37. The summed E-state index contributed by atoms with van der Waals surface area (Å²) in [5, 5.41) is 0. The van der Waals surface area contributed by atoms with Crippen molar-refractivity contribution in [3.05, 3.63) is 0 Å². The molecule has 0 spiro atoms. The number of nitrogens with zero attached hydrogens (tertiary/aromatic N) is 2. The molecule has 0 aromatic heterocycles. The van der Waals surface area contributed by atoms with Crippen LogP contribution in [0.5, 0.6) is 0 Å². The second-order valence-electron chi connectivity index (χ2n) is 3.92. The third kappa shape index (κ3) is 4.36. The molecule has 1 aliphatic rings. The number of rotatable bonds is 5. The monoisotopic (exact) mass is 304 g/mol. The molecular formula is C8H17ClN2O4S2. The van der Waals surface area contributed by atoms with Gasteiger partial charge in [-0.25, -0.2) is 16.8 Å². The van der Waals surface area contributed by atoms with Crippen LogP contribution in [-0.2, 0) is 20.0 Å². The van der Waals surface area contributed by atoms with Gasteiger partial charge in [-0.05, 0) is 6.42 Å². The topological polar surface area (TPSA) is 74.8 Å². The SMILES string of the molecule is CS(=O)(=O)N1CCN(S(=O)(=O)CCCCl)CC1. The molecule has 1 saturated heterocycles. The van der Waals surface area contributed by atoms with Crippen LogP contribution >= 0.6 is 11.6 Å². The molecule has 0 bridgehead atoms. The number of hydrogen-bond donors (Lipinski definition) is 0. The lowest BCUT2D eigenvalue weighted by Gasteiger charge is -2.32. The Balaban J connectivity index is 2.58. The average Bonchev–Trinajstić information content (AvgIpc) is 2.25. The molecule has 0 aliphatic carbocycles. The highest BCUT2D eigenvalue weighted by molar-refractivity contribution is 7.89. The van der Waals surface area contributed by atoms with Crippen LogP contribution in [0, 0.1) is 0 Å². The fraction of sp³-hybridized carbons (Fsp3) is 1.00. The first kappa shape index (κ1) is 15.2. The van der Waals surface area contributed by atoms with Gasteiger partial charge in [0.05, 0.1) is 12.0 Å². The largest absolute Gasteiger partial charge is 0.214 e. The van der Waals surface area contributed by atoms with Crippen LogP contribution in [0.4, 0.5) is 0 Å².